The van der Waals surface area contributed by atoms with Crippen molar-refractivity contribution in [2.45, 2.75) is 25.8 Å². The van der Waals surface area contributed by atoms with E-state index in [0.29, 0.717) is 21.3 Å². The Hall–Kier alpha value is -5.20. The molecule has 1 N–H and O–H groups in total. The van der Waals surface area contributed by atoms with Crippen molar-refractivity contribution < 1.29 is 31.1 Å². The third kappa shape index (κ3) is 5.65. The smallest absolute Gasteiger partial charge is 0.304 e. The molecule has 1 amide bonds. The summed E-state index contributed by atoms with van der Waals surface area (Å²) >= 11 is 0. The zero-order chi connectivity index (χ0) is 30.5. The number of rotatable bonds is 5. The standard InChI is InChI=1S/C30H20F6N6O/c1-17-11-26(40-41(17)16-18-5-4-8-22(12-18)29(31,32)33)38-28(43)24-15-27-37-23(14-25(30(34,35)36)42(27)39-24)21-10-9-19-6-2-3-7-20(19)13-21/h2-15H,16H2,1H3,(H,38,40,43). The quantitative estimate of drug-likeness (QED) is 0.211. The van der Waals surface area contributed by atoms with Crippen molar-refractivity contribution in [1.29, 1.82) is 0 Å². The van der Waals surface area contributed by atoms with Crippen molar-refractivity contribution in [3.05, 3.63) is 113 Å². The van der Waals surface area contributed by atoms with Crippen molar-refractivity contribution in [3.8, 4) is 11.3 Å². The number of hydrogen-bond donors (Lipinski definition) is 1. The van der Waals surface area contributed by atoms with Gasteiger partial charge in [-0.3, -0.25) is 9.48 Å². The number of hydrogen-bond acceptors (Lipinski definition) is 4. The molecule has 0 saturated carbocycles. The molecule has 0 atom stereocenters. The van der Waals surface area contributed by atoms with Crippen LogP contribution in [-0.4, -0.2) is 30.3 Å². The molecule has 3 heterocycles. The highest BCUT2D eigenvalue weighted by molar-refractivity contribution is 6.03. The van der Waals surface area contributed by atoms with Crippen molar-refractivity contribution in [2.75, 3.05) is 5.32 Å². The molecule has 0 aliphatic heterocycles. The molecule has 0 fully saturated rings. The summed E-state index contributed by atoms with van der Waals surface area (Å²) < 4.78 is 83.4. The molecule has 13 heteroatoms. The highest BCUT2D eigenvalue weighted by Gasteiger charge is 2.36. The second kappa shape index (κ2) is 10.3. The molecular formula is C30H20F6N6O. The van der Waals surface area contributed by atoms with Gasteiger partial charge >= 0.3 is 12.4 Å². The summed E-state index contributed by atoms with van der Waals surface area (Å²) in [6.45, 7) is 1.64. The molecule has 0 radical (unpaired) electrons. The summed E-state index contributed by atoms with van der Waals surface area (Å²) in [4.78, 5) is 17.4. The van der Waals surface area contributed by atoms with E-state index in [1.54, 1.807) is 25.1 Å². The molecule has 6 aromatic rings. The van der Waals surface area contributed by atoms with Gasteiger partial charge in [-0.25, -0.2) is 9.50 Å². The van der Waals surface area contributed by atoms with Crippen LogP contribution in [-0.2, 0) is 18.9 Å². The number of amides is 1. The maximum atomic E-state index is 14.1. The monoisotopic (exact) mass is 594 g/mol. The summed E-state index contributed by atoms with van der Waals surface area (Å²) in [6, 6.07) is 20.9. The van der Waals surface area contributed by atoms with Gasteiger partial charge in [-0.1, -0.05) is 48.5 Å². The topological polar surface area (TPSA) is 77.1 Å². The third-order valence-electron chi connectivity index (χ3n) is 6.80. The molecule has 7 nitrogen and oxygen atoms in total. The summed E-state index contributed by atoms with van der Waals surface area (Å²) in [5.74, 6) is -0.790. The number of aromatic nitrogens is 5. The van der Waals surface area contributed by atoms with Gasteiger partial charge in [0.2, 0.25) is 0 Å². The van der Waals surface area contributed by atoms with Gasteiger partial charge < -0.3 is 5.32 Å². The van der Waals surface area contributed by atoms with E-state index in [-0.39, 0.29) is 29.4 Å². The van der Waals surface area contributed by atoms with Crippen LogP contribution in [0, 0.1) is 6.92 Å². The minimum atomic E-state index is -4.80. The molecule has 0 spiro atoms. The lowest BCUT2D eigenvalue weighted by Gasteiger charge is -2.11. The lowest BCUT2D eigenvalue weighted by Crippen LogP contribution is -2.16. The Bertz CT molecular complexity index is 2010. The number of carbonyl (C=O) groups excluding carboxylic acids is 1. The Morgan fingerprint density at radius 1 is 0.814 bits per heavy atom. The van der Waals surface area contributed by atoms with Crippen LogP contribution in [0.25, 0.3) is 27.7 Å². The van der Waals surface area contributed by atoms with E-state index in [1.807, 2.05) is 24.3 Å². The molecule has 3 aromatic carbocycles. The van der Waals surface area contributed by atoms with Crippen LogP contribution in [0.1, 0.15) is 33.0 Å². The van der Waals surface area contributed by atoms with Crippen LogP contribution in [0.5, 0.6) is 0 Å². The fourth-order valence-corrected chi connectivity index (χ4v) is 4.71. The number of anilines is 1. The molecule has 0 saturated heterocycles. The minimum absolute atomic E-state index is 0.00357. The fraction of sp³-hybridized carbons (Fsp3) is 0.133. The molecule has 0 unspecified atom stereocenters. The van der Waals surface area contributed by atoms with Gasteiger partial charge in [-0.2, -0.15) is 36.5 Å². The van der Waals surface area contributed by atoms with E-state index in [1.165, 1.54) is 22.9 Å². The maximum Gasteiger partial charge on any atom is 0.433 e. The van der Waals surface area contributed by atoms with Gasteiger partial charge in [-0.15, -0.1) is 0 Å². The lowest BCUT2D eigenvalue weighted by atomic mass is 10.0. The van der Waals surface area contributed by atoms with Crippen LogP contribution >= 0.6 is 0 Å². The summed E-state index contributed by atoms with van der Waals surface area (Å²) in [6.07, 6.45) is -9.30. The first-order valence-electron chi connectivity index (χ1n) is 12.8. The largest absolute Gasteiger partial charge is 0.433 e. The van der Waals surface area contributed by atoms with E-state index in [2.05, 4.69) is 20.5 Å². The van der Waals surface area contributed by atoms with Gasteiger partial charge in [0.1, 0.15) is 0 Å². The average molecular weight is 595 g/mol. The van der Waals surface area contributed by atoms with Gasteiger partial charge in [0.15, 0.2) is 22.9 Å². The van der Waals surface area contributed by atoms with Crippen LogP contribution in [0.4, 0.5) is 32.2 Å². The summed E-state index contributed by atoms with van der Waals surface area (Å²) in [5.41, 5.74) is -1.04. The normalized spacial score (nSPS) is 12.3. The third-order valence-corrected chi connectivity index (χ3v) is 6.80. The summed E-state index contributed by atoms with van der Waals surface area (Å²) in [7, 11) is 0. The van der Waals surface area contributed by atoms with Gasteiger partial charge in [-0.05, 0) is 47.5 Å². The Kier molecular flexibility index (Phi) is 6.67. The van der Waals surface area contributed by atoms with Gasteiger partial charge in [0.05, 0.1) is 17.8 Å². The number of halogens is 6. The Morgan fingerprint density at radius 2 is 1.58 bits per heavy atom. The predicted molar refractivity (Wildman–Crippen MR) is 146 cm³/mol. The first-order valence-corrected chi connectivity index (χ1v) is 12.8. The predicted octanol–water partition coefficient (Wildman–Crippen LogP) is 7.39. The Labute approximate surface area is 239 Å². The molecule has 218 valence electrons. The number of aryl methyl sites for hydroxylation is 1. The molecular weight excluding hydrogens is 574 g/mol. The van der Waals surface area contributed by atoms with E-state index in [4.69, 9.17) is 0 Å². The van der Waals surface area contributed by atoms with Crippen molar-refractivity contribution in [2.24, 2.45) is 0 Å². The van der Waals surface area contributed by atoms with E-state index >= 15 is 0 Å². The number of nitrogens with zero attached hydrogens (tertiary/aromatic N) is 5. The number of fused-ring (bicyclic) bond motifs is 2. The first-order chi connectivity index (χ1) is 20.3. The zero-order valence-electron chi connectivity index (χ0n) is 22.2. The highest BCUT2D eigenvalue weighted by Crippen LogP contribution is 2.33. The highest BCUT2D eigenvalue weighted by atomic mass is 19.4. The number of benzene rings is 3. The van der Waals surface area contributed by atoms with Crippen molar-refractivity contribution in [3.63, 3.8) is 0 Å². The molecule has 6 rings (SSSR count). The number of nitrogens with one attached hydrogen (secondary N) is 1. The Morgan fingerprint density at radius 3 is 2.33 bits per heavy atom. The van der Waals surface area contributed by atoms with E-state index < -0.39 is 29.5 Å². The summed E-state index contributed by atoms with van der Waals surface area (Å²) in [5, 5.41) is 12.3. The fourth-order valence-electron chi connectivity index (χ4n) is 4.71. The molecule has 3 aromatic heterocycles. The van der Waals surface area contributed by atoms with Gasteiger partial charge in [0, 0.05) is 23.4 Å². The van der Waals surface area contributed by atoms with Gasteiger partial charge in [0.25, 0.3) is 5.91 Å². The number of alkyl halides is 6. The van der Waals surface area contributed by atoms with E-state index in [0.717, 1.165) is 35.0 Å². The number of carbonyl (C=O) groups is 1. The van der Waals surface area contributed by atoms with Crippen LogP contribution in [0.15, 0.2) is 84.9 Å². The second-order valence-corrected chi connectivity index (χ2v) is 9.87. The van der Waals surface area contributed by atoms with Crippen LogP contribution in [0.3, 0.4) is 0 Å². The molecule has 43 heavy (non-hydrogen) atoms. The molecule has 0 bridgehead atoms. The average Bonchev–Trinajstić information content (AvgIpc) is 3.54. The minimum Gasteiger partial charge on any atom is -0.304 e. The van der Waals surface area contributed by atoms with Crippen molar-refractivity contribution in [1.82, 2.24) is 24.4 Å². The zero-order valence-corrected chi connectivity index (χ0v) is 22.2. The second-order valence-electron chi connectivity index (χ2n) is 9.87. The SMILES string of the molecule is Cc1cc(NC(=O)c2cc3nc(-c4ccc5ccccc5c4)cc(C(F)(F)F)n3n2)nn1Cc1cccc(C(F)(F)F)c1. The molecule has 0 aliphatic rings. The van der Waals surface area contributed by atoms with Crippen molar-refractivity contribution >= 4 is 28.1 Å². The molecule has 0 aliphatic carbocycles. The van der Waals surface area contributed by atoms with Crippen LogP contribution in [0.2, 0.25) is 0 Å². The maximum absolute atomic E-state index is 14.1. The van der Waals surface area contributed by atoms with Crippen LogP contribution < -0.4 is 5.32 Å². The Balaban J connectivity index is 1.29. The first kappa shape index (κ1) is 27.9. The lowest BCUT2D eigenvalue weighted by molar-refractivity contribution is -0.142. The van der Waals surface area contributed by atoms with E-state index in [9.17, 15) is 31.1 Å².